The molecule has 2 aromatic carbocycles. The number of piperidine rings is 1. The minimum Gasteiger partial charge on any atom is -0.397 e. The average molecular weight is 507 g/mol. The first-order valence-corrected chi connectivity index (χ1v) is 13.6. The summed E-state index contributed by atoms with van der Waals surface area (Å²) in [6.45, 7) is 7.24. The molecule has 4 aromatic rings. The molecule has 2 saturated carbocycles. The van der Waals surface area contributed by atoms with Crippen LogP contribution in [0.2, 0.25) is 0 Å². The molecule has 1 saturated heterocycles. The zero-order valence-corrected chi connectivity index (χ0v) is 21.6. The van der Waals surface area contributed by atoms with Crippen LogP contribution in [0.25, 0.3) is 33.6 Å². The van der Waals surface area contributed by atoms with Gasteiger partial charge in [0.1, 0.15) is 11.6 Å². The van der Waals surface area contributed by atoms with Gasteiger partial charge in [0, 0.05) is 23.2 Å². The summed E-state index contributed by atoms with van der Waals surface area (Å²) in [4.78, 5) is 16.0. The van der Waals surface area contributed by atoms with E-state index >= 15 is 0 Å². The predicted molar refractivity (Wildman–Crippen MR) is 152 cm³/mol. The zero-order valence-electron chi connectivity index (χ0n) is 21.6. The van der Waals surface area contributed by atoms with Crippen molar-refractivity contribution in [1.29, 1.82) is 0 Å². The number of imidazole rings is 2. The molecule has 3 aliphatic rings. The number of hydrogen-bond donors (Lipinski definition) is 6. The van der Waals surface area contributed by atoms with Crippen LogP contribution in [0.15, 0.2) is 60.9 Å². The van der Waals surface area contributed by atoms with Crippen LogP contribution in [-0.2, 0) is 6.54 Å². The molecule has 0 radical (unpaired) electrons. The summed E-state index contributed by atoms with van der Waals surface area (Å²) in [6, 6.07) is 13.7. The molecule has 0 amide bonds. The molecule has 8 N–H and O–H groups in total. The summed E-state index contributed by atoms with van der Waals surface area (Å²) in [5.41, 5.74) is 21.2. The molecule has 0 spiro atoms. The van der Waals surface area contributed by atoms with Crippen LogP contribution < -0.4 is 22.1 Å². The molecule has 8 nitrogen and oxygen atoms in total. The SMILES string of the molecule is C=C1C(c2ncc(-c3ccc(-c4ccc(-c5cnc(CNC6CC6CC)[nH]5)c(N)c4N)cc3)[nH]2)NC2CC12. The number of nitrogens with one attached hydrogen (secondary N) is 4. The van der Waals surface area contributed by atoms with Crippen molar-refractivity contribution in [1.82, 2.24) is 30.6 Å². The topological polar surface area (TPSA) is 133 Å². The Morgan fingerprint density at radius 3 is 2.39 bits per heavy atom. The lowest BCUT2D eigenvalue weighted by atomic mass is 9.97. The van der Waals surface area contributed by atoms with Gasteiger partial charge in [0.05, 0.1) is 47.7 Å². The van der Waals surface area contributed by atoms with Crippen molar-refractivity contribution in [3.05, 3.63) is 72.6 Å². The van der Waals surface area contributed by atoms with E-state index in [4.69, 9.17) is 11.5 Å². The van der Waals surface area contributed by atoms with Gasteiger partial charge in [-0.1, -0.05) is 50.3 Å². The Kier molecular flexibility index (Phi) is 5.42. The van der Waals surface area contributed by atoms with E-state index < -0.39 is 0 Å². The number of anilines is 2. The molecule has 3 heterocycles. The second-order valence-corrected chi connectivity index (χ2v) is 11.0. The molecule has 3 fully saturated rings. The summed E-state index contributed by atoms with van der Waals surface area (Å²) >= 11 is 0. The minimum absolute atomic E-state index is 0.127. The van der Waals surface area contributed by atoms with Crippen molar-refractivity contribution in [2.75, 3.05) is 11.5 Å². The van der Waals surface area contributed by atoms with Crippen molar-refractivity contribution < 1.29 is 0 Å². The maximum atomic E-state index is 6.54. The van der Waals surface area contributed by atoms with E-state index in [1.165, 1.54) is 24.8 Å². The van der Waals surface area contributed by atoms with E-state index in [2.05, 4.69) is 68.3 Å². The molecule has 0 bridgehead atoms. The number of benzene rings is 2. The van der Waals surface area contributed by atoms with Gasteiger partial charge in [-0.15, -0.1) is 0 Å². The highest BCUT2D eigenvalue weighted by Gasteiger charge is 2.49. The third-order valence-electron chi connectivity index (χ3n) is 8.58. The molecule has 5 atom stereocenters. The van der Waals surface area contributed by atoms with Crippen LogP contribution in [0, 0.1) is 11.8 Å². The van der Waals surface area contributed by atoms with Gasteiger partial charge >= 0.3 is 0 Å². The lowest BCUT2D eigenvalue weighted by Crippen LogP contribution is -2.19. The van der Waals surface area contributed by atoms with Crippen molar-refractivity contribution >= 4 is 11.4 Å². The summed E-state index contributed by atoms with van der Waals surface area (Å²) in [6.07, 6.45) is 7.42. The van der Waals surface area contributed by atoms with Crippen molar-refractivity contribution in [3.63, 3.8) is 0 Å². The van der Waals surface area contributed by atoms with Gasteiger partial charge in [0.2, 0.25) is 0 Å². The summed E-state index contributed by atoms with van der Waals surface area (Å²) in [7, 11) is 0. The number of rotatable bonds is 8. The Balaban J connectivity index is 1.06. The zero-order chi connectivity index (χ0) is 26.0. The third-order valence-corrected chi connectivity index (χ3v) is 8.58. The maximum Gasteiger partial charge on any atom is 0.127 e. The number of hydrogen-bond acceptors (Lipinski definition) is 6. The smallest absolute Gasteiger partial charge is 0.127 e. The number of nitrogen functional groups attached to an aromatic ring is 2. The van der Waals surface area contributed by atoms with Gasteiger partial charge in [0.15, 0.2) is 0 Å². The second kappa shape index (κ2) is 8.85. The number of nitrogens with zero attached hydrogens (tertiary/aromatic N) is 2. The monoisotopic (exact) mass is 506 g/mol. The molecule has 2 aliphatic carbocycles. The van der Waals surface area contributed by atoms with E-state index in [1.807, 2.05) is 24.5 Å². The Bertz CT molecular complexity index is 1510. The van der Waals surface area contributed by atoms with E-state index in [-0.39, 0.29) is 6.04 Å². The van der Waals surface area contributed by atoms with Gasteiger partial charge in [-0.2, -0.15) is 0 Å². The lowest BCUT2D eigenvalue weighted by Gasteiger charge is -2.13. The van der Waals surface area contributed by atoms with E-state index in [9.17, 15) is 0 Å². The number of aromatic amines is 2. The minimum atomic E-state index is 0.127. The van der Waals surface area contributed by atoms with Crippen LogP contribution in [0.4, 0.5) is 11.4 Å². The quantitative estimate of drug-likeness (QED) is 0.151. The first-order chi connectivity index (χ1) is 18.5. The highest BCUT2D eigenvalue weighted by Crippen LogP contribution is 2.49. The van der Waals surface area contributed by atoms with Gasteiger partial charge in [-0.05, 0) is 47.4 Å². The number of H-pyrrole nitrogens is 2. The van der Waals surface area contributed by atoms with Crippen molar-refractivity contribution in [2.45, 2.75) is 50.9 Å². The third kappa shape index (κ3) is 4.01. The highest BCUT2D eigenvalue weighted by molar-refractivity contribution is 5.93. The second-order valence-electron chi connectivity index (χ2n) is 11.0. The van der Waals surface area contributed by atoms with Gasteiger partial charge in [0.25, 0.3) is 0 Å². The fourth-order valence-electron chi connectivity index (χ4n) is 5.93. The summed E-state index contributed by atoms with van der Waals surface area (Å²) in [5, 5.41) is 7.18. The Labute approximate surface area is 222 Å². The van der Waals surface area contributed by atoms with Crippen LogP contribution >= 0.6 is 0 Å². The van der Waals surface area contributed by atoms with Crippen LogP contribution in [0.1, 0.15) is 43.9 Å². The predicted octanol–water partition coefficient (Wildman–Crippen LogP) is 4.78. The lowest BCUT2D eigenvalue weighted by molar-refractivity contribution is 0.609. The summed E-state index contributed by atoms with van der Waals surface area (Å²) in [5.74, 6) is 3.26. The van der Waals surface area contributed by atoms with E-state index in [0.29, 0.717) is 29.4 Å². The standard InChI is InChI=1S/C30H34N8/c1-3-16-10-22(16)33-14-26-34-13-25(36-26)20-9-8-19(27(31)28(20)32)17-4-6-18(7-5-17)24-12-35-30(38-24)29-15(2)21-11-23(21)37-29/h4-9,12-13,16,21-23,29,33,37H,2-3,10-11,14,31-32H2,1H3,(H,34,36)(H,35,38). The molecular weight excluding hydrogens is 472 g/mol. The number of aromatic nitrogens is 4. The molecule has 1 aliphatic heterocycles. The molecular formula is C30H34N8. The van der Waals surface area contributed by atoms with Crippen LogP contribution in [0.5, 0.6) is 0 Å². The van der Waals surface area contributed by atoms with E-state index in [1.54, 1.807) is 0 Å². The molecule has 38 heavy (non-hydrogen) atoms. The normalized spacial score (nSPS) is 25.5. The average Bonchev–Trinajstić information content (AvgIpc) is 3.71. The van der Waals surface area contributed by atoms with Gasteiger partial charge in [-0.25, -0.2) is 9.97 Å². The largest absolute Gasteiger partial charge is 0.397 e. The number of nitrogens with two attached hydrogens (primary N) is 2. The van der Waals surface area contributed by atoms with Gasteiger partial charge in [-0.3, -0.25) is 0 Å². The maximum absolute atomic E-state index is 6.54. The Morgan fingerprint density at radius 1 is 0.921 bits per heavy atom. The fourth-order valence-corrected chi connectivity index (χ4v) is 5.93. The fraction of sp³-hybridized carbons (Fsp3) is 0.333. The first kappa shape index (κ1) is 23.3. The van der Waals surface area contributed by atoms with Crippen LogP contribution in [-0.4, -0.2) is 32.0 Å². The molecule has 5 unspecified atom stereocenters. The highest BCUT2D eigenvalue weighted by atomic mass is 15.1. The Hall–Kier alpha value is -3.88. The van der Waals surface area contributed by atoms with Crippen molar-refractivity contribution in [3.8, 4) is 33.6 Å². The van der Waals surface area contributed by atoms with Crippen LogP contribution in [0.3, 0.4) is 0 Å². The molecule has 194 valence electrons. The molecule has 7 rings (SSSR count). The van der Waals surface area contributed by atoms with E-state index in [0.717, 1.165) is 57.8 Å². The molecule has 8 heteroatoms. The first-order valence-electron chi connectivity index (χ1n) is 13.6. The summed E-state index contributed by atoms with van der Waals surface area (Å²) < 4.78 is 0. The van der Waals surface area contributed by atoms with Crippen molar-refractivity contribution in [2.24, 2.45) is 11.8 Å². The van der Waals surface area contributed by atoms with Gasteiger partial charge < -0.3 is 32.1 Å². The Morgan fingerprint density at radius 2 is 1.66 bits per heavy atom. The number of fused-ring (bicyclic) bond motifs is 1. The molecule has 2 aromatic heterocycles.